The molecule has 2 heterocycles. The molecule has 4 nitrogen and oxygen atoms in total. The van der Waals surface area contributed by atoms with E-state index in [0.29, 0.717) is 0 Å². The second-order valence-electron chi connectivity index (χ2n) is 8.64. The SMILES string of the molecule is CC1CCN(C[C@H]2CC(N3CCCCC3)C[C@@H]2C)CC1.COC(C)=O. The van der Waals surface area contributed by atoms with E-state index in [-0.39, 0.29) is 5.97 Å². The van der Waals surface area contributed by atoms with Gasteiger partial charge in [-0.25, -0.2) is 0 Å². The molecule has 4 heteroatoms. The van der Waals surface area contributed by atoms with Crippen molar-refractivity contribution in [2.45, 2.75) is 71.8 Å². The van der Waals surface area contributed by atoms with E-state index in [2.05, 4.69) is 28.4 Å². The van der Waals surface area contributed by atoms with Crippen molar-refractivity contribution >= 4 is 5.97 Å². The number of hydrogen-bond donors (Lipinski definition) is 0. The third kappa shape index (κ3) is 6.90. The molecule has 146 valence electrons. The smallest absolute Gasteiger partial charge is 0.302 e. The normalized spacial score (nSPS) is 32.1. The van der Waals surface area contributed by atoms with Crippen molar-refractivity contribution in [2.24, 2.45) is 17.8 Å². The number of carbonyl (C=O) groups excluding carboxylic acids is 1. The van der Waals surface area contributed by atoms with E-state index < -0.39 is 0 Å². The summed E-state index contributed by atoms with van der Waals surface area (Å²) >= 11 is 0. The lowest BCUT2D eigenvalue weighted by molar-refractivity contribution is -0.137. The lowest BCUT2D eigenvalue weighted by atomic mass is 9.94. The highest BCUT2D eigenvalue weighted by molar-refractivity contribution is 5.65. The Labute approximate surface area is 155 Å². The molecule has 0 aromatic rings. The molecule has 0 spiro atoms. The summed E-state index contributed by atoms with van der Waals surface area (Å²) < 4.78 is 4.11. The maximum Gasteiger partial charge on any atom is 0.302 e. The molecule has 3 aliphatic rings. The summed E-state index contributed by atoms with van der Waals surface area (Å²) in [7, 11) is 1.35. The fourth-order valence-corrected chi connectivity index (χ4v) is 4.71. The lowest BCUT2D eigenvalue weighted by Gasteiger charge is -2.34. The van der Waals surface area contributed by atoms with Crippen molar-refractivity contribution in [3.63, 3.8) is 0 Å². The van der Waals surface area contributed by atoms with Crippen LogP contribution in [0.25, 0.3) is 0 Å². The van der Waals surface area contributed by atoms with E-state index in [0.717, 1.165) is 23.8 Å². The zero-order chi connectivity index (χ0) is 18.2. The molecule has 0 bridgehead atoms. The quantitative estimate of drug-likeness (QED) is 0.723. The van der Waals surface area contributed by atoms with Gasteiger partial charge < -0.3 is 14.5 Å². The van der Waals surface area contributed by atoms with Gasteiger partial charge in [-0.3, -0.25) is 4.79 Å². The van der Waals surface area contributed by atoms with Gasteiger partial charge in [0.2, 0.25) is 0 Å². The number of ether oxygens (including phenoxy) is 1. The first-order chi connectivity index (χ1) is 12.0. The van der Waals surface area contributed by atoms with Crippen molar-refractivity contribution < 1.29 is 9.53 Å². The van der Waals surface area contributed by atoms with Crippen molar-refractivity contribution in [1.29, 1.82) is 0 Å². The maximum atomic E-state index is 9.59. The number of piperidine rings is 2. The summed E-state index contributed by atoms with van der Waals surface area (Å²) in [5.41, 5.74) is 0. The van der Waals surface area contributed by atoms with Crippen LogP contribution in [0.15, 0.2) is 0 Å². The Kier molecular flexibility index (Phi) is 8.71. The first kappa shape index (κ1) is 20.7. The molecule has 1 saturated carbocycles. The van der Waals surface area contributed by atoms with Crippen LogP contribution >= 0.6 is 0 Å². The molecule has 0 aromatic carbocycles. The summed E-state index contributed by atoms with van der Waals surface area (Å²) in [6.07, 6.45) is 10.2. The number of carbonyl (C=O) groups is 1. The van der Waals surface area contributed by atoms with Crippen LogP contribution in [0.1, 0.15) is 65.7 Å². The highest BCUT2D eigenvalue weighted by atomic mass is 16.5. The molecule has 1 aliphatic carbocycles. The van der Waals surface area contributed by atoms with Gasteiger partial charge in [0.15, 0.2) is 0 Å². The molecule has 25 heavy (non-hydrogen) atoms. The highest BCUT2D eigenvalue weighted by Gasteiger charge is 2.36. The topological polar surface area (TPSA) is 32.8 Å². The van der Waals surface area contributed by atoms with E-state index in [4.69, 9.17) is 0 Å². The highest BCUT2D eigenvalue weighted by Crippen LogP contribution is 2.36. The Morgan fingerprint density at radius 3 is 2.16 bits per heavy atom. The van der Waals surface area contributed by atoms with Crippen LogP contribution in [0.4, 0.5) is 0 Å². The van der Waals surface area contributed by atoms with Crippen LogP contribution in [-0.2, 0) is 9.53 Å². The monoisotopic (exact) mass is 352 g/mol. The van der Waals surface area contributed by atoms with Crippen molar-refractivity contribution in [1.82, 2.24) is 9.80 Å². The summed E-state index contributed by atoms with van der Waals surface area (Å²) in [5.74, 6) is 2.63. The summed E-state index contributed by atoms with van der Waals surface area (Å²) in [5, 5.41) is 0. The molecular formula is C21H40N2O2. The average Bonchev–Trinajstić information content (AvgIpc) is 2.99. The Morgan fingerprint density at radius 1 is 1.00 bits per heavy atom. The number of methoxy groups -OCH3 is 1. The molecule has 3 rings (SSSR count). The van der Waals surface area contributed by atoms with Crippen LogP contribution < -0.4 is 0 Å². The minimum absolute atomic E-state index is 0.245. The molecule has 0 amide bonds. The van der Waals surface area contributed by atoms with E-state index in [1.165, 1.54) is 91.7 Å². The Bertz CT molecular complexity index is 387. The first-order valence-corrected chi connectivity index (χ1v) is 10.5. The summed E-state index contributed by atoms with van der Waals surface area (Å²) in [6.45, 7) is 13.2. The van der Waals surface area contributed by atoms with Gasteiger partial charge in [0.05, 0.1) is 7.11 Å². The van der Waals surface area contributed by atoms with Crippen LogP contribution in [0, 0.1) is 17.8 Å². The molecule has 2 saturated heterocycles. The summed E-state index contributed by atoms with van der Waals surface area (Å²) in [6, 6.07) is 0.916. The lowest BCUT2D eigenvalue weighted by Crippen LogP contribution is -2.39. The zero-order valence-electron chi connectivity index (χ0n) is 17.0. The number of nitrogens with zero attached hydrogens (tertiary/aromatic N) is 2. The number of hydrogen-bond acceptors (Lipinski definition) is 4. The molecule has 0 aromatic heterocycles. The molecule has 2 aliphatic heterocycles. The van der Waals surface area contributed by atoms with Crippen LogP contribution in [0.3, 0.4) is 0 Å². The van der Waals surface area contributed by atoms with E-state index in [1.54, 1.807) is 0 Å². The molecule has 3 atom stereocenters. The van der Waals surface area contributed by atoms with Crippen LogP contribution in [0.5, 0.6) is 0 Å². The van der Waals surface area contributed by atoms with Gasteiger partial charge in [0.1, 0.15) is 0 Å². The zero-order valence-corrected chi connectivity index (χ0v) is 17.0. The minimum atomic E-state index is -0.245. The van der Waals surface area contributed by atoms with Gasteiger partial charge in [-0.2, -0.15) is 0 Å². The predicted octanol–water partition coefficient (Wildman–Crippen LogP) is 3.80. The molecule has 1 unspecified atom stereocenters. The summed E-state index contributed by atoms with van der Waals surface area (Å²) in [4.78, 5) is 15.2. The third-order valence-electron chi connectivity index (χ3n) is 6.59. The van der Waals surface area contributed by atoms with Crippen LogP contribution in [0.2, 0.25) is 0 Å². The van der Waals surface area contributed by atoms with Gasteiger partial charge in [-0.15, -0.1) is 0 Å². The Morgan fingerprint density at radius 2 is 1.60 bits per heavy atom. The fourth-order valence-electron chi connectivity index (χ4n) is 4.71. The molecule has 0 N–H and O–H groups in total. The fraction of sp³-hybridized carbons (Fsp3) is 0.952. The Hall–Kier alpha value is -0.610. The minimum Gasteiger partial charge on any atom is -0.469 e. The molecule has 3 fully saturated rings. The van der Waals surface area contributed by atoms with Crippen molar-refractivity contribution in [3.05, 3.63) is 0 Å². The molecular weight excluding hydrogens is 312 g/mol. The number of likely N-dealkylation sites (tertiary alicyclic amines) is 2. The third-order valence-corrected chi connectivity index (χ3v) is 6.59. The molecule has 0 radical (unpaired) electrons. The largest absolute Gasteiger partial charge is 0.469 e. The van der Waals surface area contributed by atoms with Gasteiger partial charge in [-0.1, -0.05) is 20.3 Å². The van der Waals surface area contributed by atoms with Gasteiger partial charge in [0.25, 0.3) is 0 Å². The van der Waals surface area contributed by atoms with Crippen LogP contribution in [-0.4, -0.2) is 61.6 Å². The standard InChI is InChI=1S/C18H34N2.C3H6O2/c1-15-6-10-19(11-7-15)14-17-13-18(12-16(17)2)20-8-4-3-5-9-20;1-3(4)5-2/h15-18H,3-14H2,1-2H3;1-2H3/t16-,17+,18?;/m0./s1. The number of esters is 1. The Balaban J connectivity index is 0.000000399. The maximum absolute atomic E-state index is 9.59. The van der Waals surface area contributed by atoms with E-state index in [9.17, 15) is 4.79 Å². The van der Waals surface area contributed by atoms with Crippen molar-refractivity contribution in [3.8, 4) is 0 Å². The predicted molar refractivity (Wildman–Crippen MR) is 104 cm³/mol. The second-order valence-corrected chi connectivity index (χ2v) is 8.64. The number of rotatable bonds is 3. The second kappa shape index (κ2) is 10.5. The van der Waals surface area contributed by atoms with Gasteiger partial charge in [0, 0.05) is 19.5 Å². The first-order valence-electron chi connectivity index (χ1n) is 10.5. The van der Waals surface area contributed by atoms with E-state index in [1.807, 2.05) is 0 Å². The van der Waals surface area contributed by atoms with E-state index >= 15 is 0 Å². The average molecular weight is 353 g/mol. The van der Waals surface area contributed by atoms with Gasteiger partial charge in [-0.05, 0) is 82.5 Å². The van der Waals surface area contributed by atoms with Crippen molar-refractivity contribution in [2.75, 3.05) is 39.8 Å². The van der Waals surface area contributed by atoms with Gasteiger partial charge >= 0.3 is 5.97 Å².